The molecule has 5 rings (SSSR count). The fourth-order valence-electron chi connectivity index (χ4n) is 3.56. The Kier molecular flexibility index (Phi) is 4.10. The number of benzene rings is 1. The van der Waals surface area contributed by atoms with Gasteiger partial charge in [-0.15, -0.1) is 0 Å². The van der Waals surface area contributed by atoms with Crippen LogP contribution in [0.25, 0.3) is 33.8 Å². The van der Waals surface area contributed by atoms with Crippen LogP contribution in [-0.4, -0.2) is 40.8 Å². The van der Waals surface area contributed by atoms with Crippen LogP contribution in [0.2, 0.25) is 0 Å². The molecule has 3 aromatic heterocycles. The van der Waals surface area contributed by atoms with Crippen LogP contribution in [0.4, 0.5) is 0 Å². The second-order valence-electron chi connectivity index (χ2n) is 6.79. The normalized spacial score (nSPS) is 14.0. The summed E-state index contributed by atoms with van der Waals surface area (Å²) in [6.45, 7) is 5.64. The Labute approximate surface area is 167 Å². The van der Waals surface area contributed by atoms with E-state index >= 15 is 0 Å². The average molecular weight is 389 g/mol. The molecular formula is C20H19N7S. The SMILES string of the molecule is CCn1c(-c2cnc(C)nc2)nc2c(-c3ccc4c(c3)CN(C)S4)ncnc21. The minimum Gasteiger partial charge on any atom is -0.309 e. The van der Waals surface area contributed by atoms with Crippen molar-refractivity contribution < 1.29 is 0 Å². The zero-order valence-electron chi connectivity index (χ0n) is 15.9. The molecule has 0 radical (unpaired) electrons. The van der Waals surface area contributed by atoms with Crippen molar-refractivity contribution in [2.75, 3.05) is 7.05 Å². The van der Waals surface area contributed by atoms with Crippen molar-refractivity contribution in [2.45, 2.75) is 31.8 Å². The number of imidazole rings is 1. The lowest BCUT2D eigenvalue weighted by Gasteiger charge is -2.05. The van der Waals surface area contributed by atoms with Crippen LogP contribution in [-0.2, 0) is 13.1 Å². The molecule has 4 aromatic rings. The quantitative estimate of drug-likeness (QED) is 0.494. The lowest BCUT2D eigenvalue weighted by atomic mass is 10.1. The van der Waals surface area contributed by atoms with Gasteiger partial charge in [-0.2, -0.15) is 0 Å². The summed E-state index contributed by atoms with van der Waals surface area (Å²) in [5, 5.41) is 0. The third-order valence-electron chi connectivity index (χ3n) is 4.87. The number of aryl methyl sites for hydroxylation is 2. The molecule has 0 saturated heterocycles. The Bertz CT molecular complexity index is 1180. The van der Waals surface area contributed by atoms with Gasteiger partial charge in [-0.3, -0.25) is 0 Å². The molecule has 0 bridgehead atoms. The molecule has 0 fully saturated rings. The minimum absolute atomic E-state index is 0.740. The van der Waals surface area contributed by atoms with Gasteiger partial charge in [0.05, 0.1) is 5.56 Å². The predicted molar refractivity (Wildman–Crippen MR) is 110 cm³/mol. The summed E-state index contributed by atoms with van der Waals surface area (Å²) in [6, 6.07) is 6.50. The summed E-state index contributed by atoms with van der Waals surface area (Å²) >= 11 is 1.77. The van der Waals surface area contributed by atoms with E-state index in [1.54, 1.807) is 18.3 Å². The number of nitrogens with zero attached hydrogens (tertiary/aromatic N) is 7. The Morgan fingerprint density at radius 2 is 1.89 bits per heavy atom. The zero-order valence-corrected chi connectivity index (χ0v) is 16.7. The van der Waals surface area contributed by atoms with Crippen LogP contribution < -0.4 is 0 Å². The van der Waals surface area contributed by atoms with E-state index in [4.69, 9.17) is 4.98 Å². The Morgan fingerprint density at radius 3 is 2.68 bits per heavy atom. The van der Waals surface area contributed by atoms with E-state index in [0.29, 0.717) is 0 Å². The highest BCUT2D eigenvalue weighted by atomic mass is 32.2. The molecular weight excluding hydrogens is 370 g/mol. The highest BCUT2D eigenvalue weighted by molar-refractivity contribution is 7.97. The number of fused-ring (bicyclic) bond motifs is 2. The first-order chi connectivity index (χ1) is 13.6. The molecule has 0 unspecified atom stereocenters. The Hall–Kier alpha value is -2.84. The van der Waals surface area contributed by atoms with Gasteiger partial charge >= 0.3 is 0 Å². The molecule has 0 atom stereocenters. The predicted octanol–water partition coefficient (Wildman–Crippen LogP) is 3.73. The van der Waals surface area contributed by atoms with E-state index in [9.17, 15) is 0 Å². The van der Waals surface area contributed by atoms with Crippen molar-refractivity contribution in [2.24, 2.45) is 0 Å². The molecule has 8 heteroatoms. The van der Waals surface area contributed by atoms with Gasteiger partial charge in [-0.25, -0.2) is 29.2 Å². The minimum atomic E-state index is 0.740. The van der Waals surface area contributed by atoms with Crippen LogP contribution in [0.3, 0.4) is 0 Å². The molecule has 4 heterocycles. The summed E-state index contributed by atoms with van der Waals surface area (Å²) in [6.07, 6.45) is 5.24. The van der Waals surface area contributed by atoms with Crippen LogP contribution in [0, 0.1) is 6.92 Å². The standard InChI is InChI=1S/C20H19N7S/c1-4-27-19(15-8-21-12(2)22-9-15)25-18-17(23-11-24-20(18)27)13-5-6-16-14(7-13)10-26(3)28-16/h5-9,11H,4,10H2,1-3H3. The first-order valence-corrected chi connectivity index (χ1v) is 9.94. The van der Waals surface area contributed by atoms with E-state index < -0.39 is 0 Å². The van der Waals surface area contributed by atoms with Gasteiger partial charge in [0.1, 0.15) is 29.2 Å². The molecule has 0 spiro atoms. The van der Waals surface area contributed by atoms with E-state index in [1.807, 2.05) is 19.3 Å². The lowest BCUT2D eigenvalue weighted by Crippen LogP contribution is -2.00. The highest BCUT2D eigenvalue weighted by Crippen LogP contribution is 2.37. The summed E-state index contributed by atoms with van der Waals surface area (Å²) in [7, 11) is 2.10. The maximum absolute atomic E-state index is 4.91. The van der Waals surface area contributed by atoms with E-state index in [0.717, 1.165) is 52.7 Å². The highest BCUT2D eigenvalue weighted by Gasteiger charge is 2.21. The van der Waals surface area contributed by atoms with E-state index in [1.165, 1.54) is 10.5 Å². The lowest BCUT2D eigenvalue weighted by molar-refractivity contribution is 0.581. The molecule has 1 aromatic carbocycles. The fourth-order valence-corrected chi connectivity index (χ4v) is 4.46. The molecule has 7 nitrogen and oxygen atoms in total. The second kappa shape index (κ2) is 6.65. The summed E-state index contributed by atoms with van der Waals surface area (Å²) in [5.74, 6) is 1.56. The summed E-state index contributed by atoms with van der Waals surface area (Å²) < 4.78 is 4.32. The zero-order chi connectivity index (χ0) is 19.3. The van der Waals surface area contributed by atoms with E-state index in [2.05, 4.69) is 61.0 Å². The number of rotatable bonds is 3. The Balaban J connectivity index is 1.69. The second-order valence-corrected chi connectivity index (χ2v) is 8.04. The van der Waals surface area contributed by atoms with Crippen LogP contribution in [0.15, 0.2) is 41.8 Å². The maximum Gasteiger partial charge on any atom is 0.164 e. The van der Waals surface area contributed by atoms with Gasteiger partial charge in [0.2, 0.25) is 0 Å². The van der Waals surface area contributed by atoms with Crippen molar-refractivity contribution in [3.05, 3.63) is 48.3 Å². The summed E-state index contributed by atoms with van der Waals surface area (Å²) in [5.41, 5.74) is 5.75. The Morgan fingerprint density at radius 1 is 1.07 bits per heavy atom. The monoisotopic (exact) mass is 389 g/mol. The molecule has 0 N–H and O–H groups in total. The average Bonchev–Trinajstić information content (AvgIpc) is 3.26. The molecule has 140 valence electrons. The van der Waals surface area contributed by atoms with Crippen molar-refractivity contribution in [3.63, 3.8) is 0 Å². The van der Waals surface area contributed by atoms with Gasteiger partial charge in [0, 0.05) is 35.9 Å². The largest absolute Gasteiger partial charge is 0.309 e. The topological polar surface area (TPSA) is 72.6 Å². The van der Waals surface area contributed by atoms with Crippen LogP contribution in [0.5, 0.6) is 0 Å². The molecule has 0 aliphatic carbocycles. The molecule has 1 aliphatic heterocycles. The van der Waals surface area contributed by atoms with Gasteiger partial charge in [-0.05, 0) is 50.5 Å². The van der Waals surface area contributed by atoms with Crippen molar-refractivity contribution in [3.8, 4) is 22.6 Å². The van der Waals surface area contributed by atoms with Gasteiger partial charge < -0.3 is 4.57 Å². The molecule has 28 heavy (non-hydrogen) atoms. The first-order valence-electron chi connectivity index (χ1n) is 9.16. The number of hydrogen-bond donors (Lipinski definition) is 0. The molecule has 1 aliphatic rings. The maximum atomic E-state index is 4.91. The smallest absolute Gasteiger partial charge is 0.164 e. The summed E-state index contributed by atoms with van der Waals surface area (Å²) in [4.78, 5) is 24.0. The van der Waals surface area contributed by atoms with Gasteiger partial charge in [-0.1, -0.05) is 6.07 Å². The molecule has 0 saturated carbocycles. The van der Waals surface area contributed by atoms with Crippen LogP contribution >= 0.6 is 11.9 Å². The van der Waals surface area contributed by atoms with Gasteiger partial charge in [0.25, 0.3) is 0 Å². The van der Waals surface area contributed by atoms with E-state index in [-0.39, 0.29) is 0 Å². The van der Waals surface area contributed by atoms with Crippen molar-refractivity contribution in [1.29, 1.82) is 0 Å². The van der Waals surface area contributed by atoms with Crippen molar-refractivity contribution in [1.82, 2.24) is 33.8 Å². The number of aromatic nitrogens is 6. The fraction of sp³-hybridized carbons (Fsp3) is 0.250. The van der Waals surface area contributed by atoms with Crippen molar-refractivity contribution >= 4 is 23.1 Å². The number of hydrogen-bond acceptors (Lipinski definition) is 7. The third kappa shape index (κ3) is 2.76. The third-order valence-corrected chi connectivity index (χ3v) is 5.90. The molecule has 0 amide bonds. The first kappa shape index (κ1) is 17.3. The van der Waals surface area contributed by atoms with Crippen LogP contribution in [0.1, 0.15) is 18.3 Å². The van der Waals surface area contributed by atoms with Gasteiger partial charge in [0.15, 0.2) is 5.65 Å².